The highest BCUT2D eigenvalue weighted by atomic mass is 19.1. The highest BCUT2D eigenvalue weighted by Gasteiger charge is 2.28. The molecule has 0 aromatic heterocycles. The van der Waals surface area contributed by atoms with Crippen LogP contribution in [0.4, 0.5) is 10.1 Å². The van der Waals surface area contributed by atoms with Crippen LogP contribution in [-0.4, -0.2) is 33.7 Å². The molecule has 0 fully saturated rings. The van der Waals surface area contributed by atoms with Crippen LogP contribution in [0.5, 0.6) is 0 Å². The van der Waals surface area contributed by atoms with Crippen LogP contribution in [0.15, 0.2) is 48.5 Å². The fraction of sp³-hybridized carbons (Fsp3) is 0.333. The first-order valence-corrected chi connectivity index (χ1v) is 9.26. The zero-order valence-electron chi connectivity index (χ0n) is 16.6. The van der Waals surface area contributed by atoms with E-state index in [-0.39, 0.29) is 41.7 Å². The molecule has 154 valence electrons. The van der Waals surface area contributed by atoms with Gasteiger partial charge in [-0.2, -0.15) is 0 Å². The van der Waals surface area contributed by atoms with Crippen molar-refractivity contribution in [2.75, 3.05) is 0 Å². The van der Waals surface area contributed by atoms with Crippen LogP contribution >= 0.6 is 0 Å². The number of para-hydroxylation sites is 1. The topological polar surface area (TPSA) is 92.6 Å². The number of rotatable bonds is 8. The molecule has 0 aliphatic carbocycles. The van der Waals surface area contributed by atoms with Gasteiger partial charge < -0.3 is 10.2 Å². The van der Waals surface area contributed by atoms with E-state index in [4.69, 9.17) is 0 Å². The molecular formula is C21H24FN3O4. The van der Waals surface area contributed by atoms with Crippen LogP contribution in [-0.2, 0) is 22.6 Å². The molecule has 8 heteroatoms. The van der Waals surface area contributed by atoms with Gasteiger partial charge in [0.05, 0.1) is 11.3 Å². The molecular weight excluding hydrogens is 377 g/mol. The maximum atomic E-state index is 14.2. The Kier molecular flexibility index (Phi) is 7.41. The number of nitrogens with zero attached hydrogens (tertiary/aromatic N) is 2. The lowest BCUT2D eigenvalue weighted by Gasteiger charge is -2.29. The molecule has 1 atom stereocenters. The van der Waals surface area contributed by atoms with E-state index < -0.39 is 22.7 Å². The molecule has 2 aromatic carbocycles. The van der Waals surface area contributed by atoms with E-state index >= 15 is 0 Å². The highest BCUT2D eigenvalue weighted by molar-refractivity contribution is 5.88. The van der Waals surface area contributed by atoms with E-state index in [1.807, 2.05) is 0 Å². The van der Waals surface area contributed by atoms with Gasteiger partial charge in [0.15, 0.2) is 0 Å². The van der Waals surface area contributed by atoms with Crippen molar-refractivity contribution in [1.29, 1.82) is 0 Å². The number of hydrogen-bond acceptors (Lipinski definition) is 4. The highest BCUT2D eigenvalue weighted by Crippen LogP contribution is 2.21. The van der Waals surface area contributed by atoms with Gasteiger partial charge in [0.25, 0.3) is 5.69 Å². The number of nitro groups is 1. The zero-order chi connectivity index (χ0) is 21.6. The molecule has 0 unspecified atom stereocenters. The first-order valence-electron chi connectivity index (χ1n) is 9.26. The van der Waals surface area contributed by atoms with E-state index in [1.165, 1.54) is 41.3 Å². The molecule has 0 aliphatic heterocycles. The van der Waals surface area contributed by atoms with Crippen LogP contribution < -0.4 is 5.32 Å². The standard InChI is InChI=1S/C21H24FN3O4/c1-14(2)23-21(27)15(3)24(13-17-9-4-6-10-18(17)22)20(26)12-16-8-5-7-11-19(16)25(28)29/h4-11,14-15H,12-13H2,1-3H3,(H,23,27)/t15-/m1/s1. The van der Waals surface area contributed by atoms with E-state index in [0.717, 1.165) is 0 Å². The number of nitro benzene ring substituents is 1. The number of carbonyl (C=O) groups is 2. The van der Waals surface area contributed by atoms with Gasteiger partial charge in [0, 0.05) is 29.8 Å². The number of nitrogens with one attached hydrogen (secondary N) is 1. The minimum absolute atomic E-state index is 0.126. The number of carbonyl (C=O) groups excluding carboxylic acids is 2. The number of halogens is 1. The van der Waals surface area contributed by atoms with Gasteiger partial charge in [-0.05, 0) is 26.8 Å². The molecule has 7 nitrogen and oxygen atoms in total. The van der Waals surface area contributed by atoms with E-state index in [2.05, 4.69) is 5.32 Å². The Morgan fingerprint density at radius 3 is 2.24 bits per heavy atom. The SMILES string of the molecule is CC(C)NC(=O)[C@@H](C)N(Cc1ccccc1F)C(=O)Cc1ccccc1[N+](=O)[O-]. The van der Waals surface area contributed by atoms with Crippen LogP contribution in [0, 0.1) is 15.9 Å². The van der Waals surface area contributed by atoms with Gasteiger partial charge in [-0.1, -0.05) is 36.4 Å². The average Bonchev–Trinajstić information content (AvgIpc) is 2.66. The Hall–Kier alpha value is -3.29. The van der Waals surface area contributed by atoms with Crippen LogP contribution in [0.2, 0.25) is 0 Å². The second-order valence-corrected chi connectivity index (χ2v) is 7.01. The van der Waals surface area contributed by atoms with Crippen LogP contribution in [0.3, 0.4) is 0 Å². The summed E-state index contributed by atoms with van der Waals surface area (Å²) in [6.45, 7) is 5.01. The minimum atomic E-state index is -0.882. The molecule has 0 heterocycles. The summed E-state index contributed by atoms with van der Waals surface area (Å²) in [6.07, 6.45) is -0.273. The van der Waals surface area contributed by atoms with E-state index in [0.29, 0.717) is 0 Å². The molecule has 2 aromatic rings. The molecule has 1 N–H and O–H groups in total. The fourth-order valence-corrected chi connectivity index (χ4v) is 2.90. The molecule has 2 rings (SSSR count). The largest absolute Gasteiger partial charge is 0.352 e. The quantitative estimate of drug-likeness (QED) is 0.543. The summed E-state index contributed by atoms with van der Waals surface area (Å²) >= 11 is 0. The van der Waals surface area contributed by atoms with Crippen molar-refractivity contribution >= 4 is 17.5 Å². The monoisotopic (exact) mass is 401 g/mol. The summed E-state index contributed by atoms with van der Waals surface area (Å²) in [6, 6.07) is 10.9. The Morgan fingerprint density at radius 1 is 1.07 bits per heavy atom. The number of benzene rings is 2. The smallest absolute Gasteiger partial charge is 0.273 e. The summed E-state index contributed by atoms with van der Waals surface area (Å²) in [7, 11) is 0. The zero-order valence-corrected chi connectivity index (χ0v) is 16.6. The molecule has 0 radical (unpaired) electrons. The summed E-state index contributed by atoms with van der Waals surface area (Å²) in [5, 5.41) is 14.0. The Bertz CT molecular complexity index is 901. The van der Waals surface area contributed by atoms with E-state index in [1.54, 1.807) is 32.9 Å². The van der Waals surface area contributed by atoms with Crippen molar-refractivity contribution in [3.8, 4) is 0 Å². The second-order valence-electron chi connectivity index (χ2n) is 7.01. The van der Waals surface area contributed by atoms with Gasteiger partial charge in [0.2, 0.25) is 11.8 Å². The number of hydrogen-bond donors (Lipinski definition) is 1. The third kappa shape index (κ3) is 5.84. The lowest BCUT2D eigenvalue weighted by atomic mass is 10.1. The average molecular weight is 401 g/mol. The Labute approximate surface area is 168 Å². The molecule has 0 bridgehead atoms. The molecule has 29 heavy (non-hydrogen) atoms. The fourth-order valence-electron chi connectivity index (χ4n) is 2.90. The van der Waals surface area contributed by atoms with Gasteiger partial charge in [0.1, 0.15) is 11.9 Å². The van der Waals surface area contributed by atoms with Crippen molar-refractivity contribution in [3.63, 3.8) is 0 Å². The Morgan fingerprint density at radius 2 is 1.66 bits per heavy atom. The molecule has 0 aliphatic rings. The van der Waals surface area contributed by atoms with Crippen molar-refractivity contribution in [1.82, 2.24) is 10.2 Å². The molecule has 0 saturated heterocycles. The van der Waals surface area contributed by atoms with Gasteiger partial charge in [-0.3, -0.25) is 19.7 Å². The lowest BCUT2D eigenvalue weighted by molar-refractivity contribution is -0.385. The van der Waals surface area contributed by atoms with Crippen molar-refractivity contribution < 1.29 is 18.9 Å². The van der Waals surface area contributed by atoms with Gasteiger partial charge in [-0.15, -0.1) is 0 Å². The number of amides is 2. The summed E-state index contributed by atoms with van der Waals surface area (Å²) < 4.78 is 14.2. The summed E-state index contributed by atoms with van der Waals surface area (Å²) in [5.41, 5.74) is 0.316. The normalized spacial score (nSPS) is 11.8. The van der Waals surface area contributed by atoms with E-state index in [9.17, 15) is 24.1 Å². The predicted octanol–water partition coefficient (Wildman–Crippen LogP) is 3.22. The maximum absolute atomic E-state index is 14.2. The van der Waals surface area contributed by atoms with Crippen molar-refractivity contribution in [2.24, 2.45) is 0 Å². The first kappa shape index (κ1) is 22.0. The first-order chi connectivity index (χ1) is 13.7. The Balaban J connectivity index is 2.33. The molecule has 0 spiro atoms. The minimum Gasteiger partial charge on any atom is -0.352 e. The predicted molar refractivity (Wildman–Crippen MR) is 106 cm³/mol. The molecule has 2 amide bonds. The van der Waals surface area contributed by atoms with Crippen LogP contribution in [0.1, 0.15) is 31.9 Å². The van der Waals surface area contributed by atoms with Gasteiger partial charge in [-0.25, -0.2) is 4.39 Å². The third-order valence-electron chi connectivity index (χ3n) is 4.43. The lowest BCUT2D eigenvalue weighted by Crippen LogP contribution is -2.49. The summed E-state index contributed by atoms with van der Waals surface area (Å²) in [4.78, 5) is 37.5. The maximum Gasteiger partial charge on any atom is 0.273 e. The second kappa shape index (κ2) is 9.77. The molecule has 0 saturated carbocycles. The summed E-state index contributed by atoms with van der Waals surface area (Å²) in [5.74, 6) is -1.38. The third-order valence-corrected chi connectivity index (χ3v) is 4.43. The van der Waals surface area contributed by atoms with Crippen molar-refractivity contribution in [2.45, 2.75) is 45.8 Å². The van der Waals surface area contributed by atoms with Crippen molar-refractivity contribution in [3.05, 3.63) is 75.6 Å². The van der Waals surface area contributed by atoms with Gasteiger partial charge >= 0.3 is 0 Å². The van der Waals surface area contributed by atoms with Crippen LogP contribution in [0.25, 0.3) is 0 Å².